The molecule has 0 unspecified atom stereocenters. The van der Waals surface area contributed by atoms with E-state index in [0.717, 1.165) is 16.4 Å². The van der Waals surface area contributed by atoms with E-state index in [4.69, 9.17) is 11.5 Å². The second-order valence-electron chi connectivity index (χ2n) is 7.18. The number of carbonyl (C=O) groups is 2. The molecule has 1 aromatic carbocycles. The largest absolute Gasteiger partial charge is 0.345 e. The number of hydrogen-bond acceptors (Lipinski definition) is 7. The highest BCUT2D eigenvalue weighted by Crippen LogP contribution is 2.12. The molecule has 1 heterocycles. The van der Waals surface area contributed by atoms with Gasteiger partial charge in [-0.15, -0.1) is 0 Å². The Bertz CT molecular complexity index is 765. The molecule has 2 atom stereocenters. The van der Waals surface area contributed by atoms with E-state index in [1.165, 1.54) is 11.5 Å². The Morgan fingerprint density at radius 3 is 2.55 bits per heavy atom. The van der Waals surface area contributed by atoms with Crippen molar-refractivity contribution in [3.05, 3.63) is 46.7 Å². The molecule has 0 spiro atoms. The van der Waals surface area contributed by atoms with Crippen molar-refractivity contribution >= 4 is 23.2 Å². The number of aryl methyl sites for hydroxylation is 3. The number of nitrogens with two attached hydrogens (primary N) is 2. The van der Waals surface area contributed by atoms with Gasteiger partial charge in [-0.3, -0.25) is 9.59 Å². The third-order valence-electron chi connectivity index (χ3n) is 4.71. The molecule has 0 bridgehead atoms. The first-order chi connectivity index (χ1) is 14.0. The number of aromatic nitrogens is 2. The van der Waals surface area contributed by atoms with Crippen LogP contribution in [0.4, 0.5) is 0 Å². The molecular weight excluding hydrogens is 386 g/mol. The number of Topliss-reactive ketones (excluding diaryl/α,β-unsaturated/α-hetero) is 1. The Labute approximate surface area is 176 Å². The summed E-state index contributed by atoms with van der Waals surface area (Å²) in [6.45, 7) is 2.34. The van der Waals surface area contributed by atoms with E-state index < -0.39 is 12.1 Å². The molecule has 0 radical (unpaired) electrons. The van der Waals surface area contributed by atoms with Crippen LogP contribution in [0.15, 0.2) is 30.3 Å². The zero-order valence-corrected chi connectivity index (χ0v) is 17.8. The monoisotopic (exact) mass is 417 g/mol. The highest BCUT2D eigenvalue weighted by molar-refractivity contribution is 7.05. The van der Waals surface area contributed by atoms with Crippen LogP contribution in [0, 0.1) is 6.92 Å². The lowest BCUT2D eigenvalue weighted by molar-refractivity contribution is -0.128. The number of ketones is 1. The van der Waals surface area contributed by atoms with Crippen LogP contribution in [0.1, 0.15) is 48.5 Å². The maximum atomic E-state index is 12.8. The highest BCUT2D eigenvalue weighted by Gasteiger charge is 2.23. The van der Waals surface area contributed by atoms with Crippen LogP contribution in [-0.4, -0.2) is 39.7 Å². The molecule has 0 aliphatic carbocycles. The molecule has 0 aliphatic heterocycles. The molecule has 1 aromatic heterocycles. The molecular formula is C21H31N5O2S. The molecule has 0 saturated heterocycles. The van der Waals surface area contributed by atoms with E-state index in [9.17, 15) is 9.59 Å². The fourth-order valence-electron chi connectivity index (χ4n) is 3.05. The summed E-state index contributed by atoms with van der Waals surface area (Å²) in [4.78, 5) is 29.6. The van der Waals surface area contributed by atoms with Gasteiger partial charge in [0.05, 0.1) is 12.1 Å². The lowest BCUT2D eigenvalue weighted by Gasteiger charge is -2.20. The zero-order valence-electron chi connectivity index (χ0n) is 17.0. The number of amides is 1. The maximum Gasteiger partial charge on any atom is 0.237 e. The Kier molecular flexibility index (Phi) is 9.90. The summed E-state index contributed by atoms with van der Waals surface area (Å²) in [7, 11) is 0. The third kappa shape index (κ3) is 8.39. The minimum absolute atomic E-state index is 0.0292. The second kappa shape index (κ2) is 12.4. The summed E-state index contributed by atoms with van der Waals surface area (Å²) < 4.78 is 4.16. The van der Waals surface area contributed by atoms with Gasteiger partial charge < -0.3 is 16.8 Å². The van der Waals surface area contributed by atoms with Crippen molar-refractivity contribution in [2.24, 2.45) is 11.5 Å². The molecule has 8 heteroatoms. The lowest BCUT2D eigenvalue weighted by atomic mass is 9.98. The average Bonchev–Trinajstić information content (AvgIpc) is 3.14. The van der Waals surface area contributed by atoms with Crippen LogP contribution < -0.4 is 16.8 Å². The van der Waals surface area contributed by atoms with Crippen molar-refractivity contribution < 1.29 is 9.59 Å². The predicted molar refractivity (Wildman–Crippen MR) is 116 cm³/mol. The standard InChI is InChI=1S/C21H31N5O2S/c1-15-24-20(29-26-15)11-5-10-19(27)18(13-12-16-7-3-2-4-8-16)25-21(28)17(23)9-6-14-22/h2-4,7-8,17-18H,5-6,9-14,22-23H2,1H3,(H,25,28)/t17-,18+/m0/s1. The minimum atomic E-state index is -0.644. The van der Waals surface area contributed by atoms with E-state index in [1.807, 2.05) is 37.3 Å². The summed E-state index contributed by atoms with van der Waals surface area (Å²) in [6, 6.07) is 8.76. The van der Waals surface area contributed by atoms with Gasteiger partial charge in [0.2, 0.25) is 5.91 Å². The Morgan fingerprint density at radius 1 is 1.14 bits per heavy atom. The van der Waals surface area contributed by atoms with E-state index in [-0.39, 0.29) is 11.7 Å². The van der Waals surface area contributed by atoms with E-state index in [0.29, 0.717) is 51.5 Å². The van der Waals surface area contributed by atoms with Crippen molar-refractivity contribution in [2.45, 2.75) is 64.0 Å². The maximum absolute atomic E-state index is 12.8. The fraction of sp³-hybridized carbons (Fsp3) is 0.524. The molecule has 0 fully saturated rings. The number of nitrogens with one attached hydrogen (secondary N) is 1. The summed E-state index contributed by atoms with van der Waals surface area (Å²) in [5, 5.41) is 3.80. The van der Waals surface area contributed by atoms with Crippen molar-refractivity contribution in [3.63, 3.8) is 0 Å². The number of nitrogens with zero attached hydrogens (tertiary/aromatic N) is 2. The summed E-state index contributed by atoms with van der Waals surface area (Å²) in [5.74, 6) is 0.502. The molecule has 0 saturated carbocycles. The molecule has 5 N–H and O–H groups in total. The highest BCUT2D eigenvalue weighted by atomic mass is 32.1. The van der Waals surface area contributed by atoms with E-state index in [2.05, 4.69) is 14.7 Å². The topological polar surface area (TPSA) is 124 Å². The molecule has 7 nitrogen and oxygen atoms in total. The first-order valence-corrected chi connectivity index (χ1v) is 10.9. The van der Waals surface area contributed by atoms with Gasteiger partial charge in [0.15, 0.2) is 5.78 Å². The lowest BCUT2D eigenvalue weighted by Crippen LogP contribution is -2.48. The Morgan fingerprint density at radius 2 is 1.90 bits per heavy atom. The van der Waals surface area contributed by atoms with Gasteiger partial charge in [-0.05, 0) is 62.7 Å². The van der Waals surface area contributed by atoms with Crippen LogP contribution in [0.3, 0.4) is 0 Å². The first-order valence-electron chi connectivity index (χ1n) is 10.1. The molecule has 29 heavy (non-hydrogen) atoms. The van der Waals surface area contributed by atoms with E-state index in [1.54, 1.807) is 0 Å². The van der Waals surface area contributed by atoms with Crippen molar-refractivity contribution in [1.29, 1.82) is 0 Å². The van der Waals surface area contributed by atoms with Gasteiger partial charge in [-0.2, -0.15) is 4.37 Å². The predicted octanol–water partition coefficient (Wildman–Crippen LogP) is 1.92. The van der Waals surface area contributed by atoms with Crippen LogP contribution in [-0.2, 0) is 22.4 Å². The van der Waals surface area contributed by atoms with Gasteiger partial charge >= 0.3 is 0 Å². The van der Waals surface area contributed by atoms with Gasteiger partial charge in [0, 0.05) is 12.8 Å². The zero-order chi connectivity index (χ0) is 21.1. The number of hydrogen-bond donors (Lipinski definition) is 3. The van der Waals surface area contributed by atoms with Crippen LogP contribution in [0.2, 0.25) is 0 Å². The van der Waals surface area contributed by atoms with Gasteiger partial charge in [0.25, 0.3) is 0 Å². The van der Waals surface area contributed by atoms with Gasteiger partial charge in [-0.25, -0.2) is 4.98 Å². The fourth-order valence-corrected chi connectivity index (χ4v) is 3.73. The Balaban J connectivity index is 1.92. The van der Waals surface area contributed by atoms with E-state index >= 15 is 0 Å². The van der Waals surface area contributed by atoms with Gasteiger partial charge in [0.1, 0.15) is 10.8 Å². The Hall–Kier alpha value is -2.16. The molecule has 1 amide bonds. The molecule has 158 valence electrons. The van der Waals surface area contributed by atoms with Crippen molar-refractivity contribution in [1.82, 2.24) is 14.7 Å². The summed E-state index contributed by atoms with van der Waals surface area (Å²) >= 11 is 1.37. The van der Waals surface area contributed by atoms with Crippen molar-refractivity contribution in [2.75, 3.05) is 6.54 Å². The normalized spacial score (nSPS) is 13.1. The molecule has 2 aromatic rings. The molecule has 0 aliphatic rings. The summed E-state index contributed by atoms with van der Waals surface area (Å²) in [5.41, 5.74) is 12.6. The smallest absolute Gasteiger partial charge is 0.237 e. The molecule has 2 rings (SSSR count). The number of carbonyl (C=O) groups excluding carboxylic acids is 2. The van der Waals surface area contributed by atoms with Gasteiger partial charge in [-0.1, -0.05) is 30.3 Å². The minimum Gasteiger partial charge on any atom is -0.345 e. The first kappa shape index (κ1) is 23.1. The number of benzene rings is 1. The second-order valence-corrected chi connectivity index (χ2v) is 8.01. The number of rotatable bonds is 13. The SMILES string of the molecule is Cc1nsc(CCCC(=O)[C@@H](CCc2ccccc2)NC(=O)[C@@H](N)CCCN)n1. The van der Waals surface area contributed by atoms with Crippen molar-refractivity contribution in [3.8, 4) is 0 Å². The quantitative estimate of drug-likeness (QED) is 0.457. The van der Waals surface area contributed by atoms with Crippen LogP contribution >= 0.6 is 11.5 Å². The van der Waals surface area contributed by atoms with Crippen LogP contribution in [0.5, 0.6) is 0 Å². The third-order valence-corrected chi connectivity index (χ3v) is 5.57. The average molecular weight is 418 g/mol. The summed E-state index contributed by atoms with van der Waals surface area (Å²) in [6.07, 6.45) is 4.24. The van der Waals surface area contributed by atoms with Crippen LogP contribution in [0.25, 0.3) is 0 Å².